The Morgan fingerprint density at radius 3 is 2.21 bits per heavy atom. The summed E-state index contributed by atoms with van der Waals surface area (Å²) in [6, 6.07) is 8.96. The molecular weight excluding hydrogens is 430 g/mol. The van der Waals surface area contributed by atoms with Gasteiger partial charge in [0.15, 0.2) is 23.0 Å². The smallest absolute Gasteiger partial charge is 0.295 e. The Morgan fingerprint density at radius 1 is 0.909 bits per heavy atom. The van der Waals surface area contributed by atoms with E-state index in [0.717, 1.165) is 0 Å². The minimum absolute atomic E-state index is 0.0742. The van der Waals surface area contributed by atoms with Gasteiger partial charge in [-0.3, -0.25) is 9.59 Å². The van der Waals surface area contributed by atoms with E-state index in [1.807, 2.05) is 0 Å². The van der Waals surface area contributed by atoms with E-state index in [1.54, 1.807) is 30.3 Å². The van der Waals surface area contributed by atoms with Crippen LogP contribution in [0, 0.1) is 0 Å². The summed E-state index contributed by atoms with van der Waals surface area (Å²) in [5.41, 5.74) is 0.716. The third-order valence-corrected chi connectivity index (χ3v) is 5.46. The molecule has 1 N–H and O–H groups in total. The van der Waals surface area contributed by atoms with Gasteiger partial charge >= 0.3 is 0 Å². The topological polar surface area (TPSA) is 104 Å². The zero-order valence-corrected chi connectivity index (χ0v) is 19.2. The van der Waals surface area contributed by atoms with Crippen molar-refractivity contribution in [3.63, 3.8) is 0 Å². The van der Waals surface area contributed by atoms with E-state index >= 15 is 0 Å². The van der Waals surface area contributed by atoms with E-state index in [9.17, 15) is 14.7 Å². The fraction of sp³-hybridized carbons (Fsp3) is 0.333. The molecule has 0 radical (unpaired) electrons. The second-order valence-electron chi connectivity index (χ2n) is 7.14. The average molecular weight is 457 g/mol. The highest BCUT2D eigenvalue weighted by Gasteiger charge is 2.47. The van der Waals surface area contributed by atoms with Crippen molar-refractivity contribution >= 4 is 17.4 Å². The molecule has 3 rings (SSSR count). The summed E-state index contributed by atoms with van der Waals surface area (Å²) >= 11 is 0. The van der Waals surface area contributed by atoms with Crippen LogP contribution in [0.5, 0.6) is 23.0 Å². The molecule has 9 nitrogen and oxygen atoms in total. The number of likely N-dealkylation sites (tertiary alicyclic amines) is 1. The Balaban J connectivity index is 2.26. The molecule has 1 saturated heterocycles. The maximum atomic E-state index is 13.1. The highest BCUT2D eigenvalue weighted by atomic mass is 16.5. The largest absolute Gasteiger partial charge is 0.507 e. The van der Waals surface area contributed by atoms with Crippen LogP contribution in [-0.4, -0.2) is 70.4 Å². The Labute approximate surface area is 192 Å². The highest BCUT2D eigenvalue weighted by molar-refractivity contribution is 6.46. The predicted octanol–water partition coefficient (Wildman–Crippen LogP) is 2.79. The maximum Gasteiger partial charge on any atom is 0.295 e. The van der Waals surface area contributed by atoms with E-state index < -0.39 is 17.7 Å². The molecule has 1 aliphatic rings. The number of aliphatic hydroxyl groups excluding tert-OH is 1. The Kier molecular flexibility index (Phi) is 7.44. The van der Waals surface area contributed by atoms with Gasteiger partial charge in [-0.05, 0) is 24.3 Å². The number of methoxy groups -OCH3 is 5. The van der Waals surface area contributed by atoms with Crippen molar-refractivity contribution in [2.45, 2.75) is 6.04 Å². The monoisotopic (exact) mass is 457 g/mol. The number of amides is 1. The first kappa shape index (κ1) is 23.9. The number of Topliss-reactive ketones (excluding diaryl/α,β-unsaturated/α-hetero) is 1. The zero-order valence-electron chi connectivity index (χ0n) is 19.2. The quantitative estimate of drug-likeness (QED) is 0.348. The first-order valence-electron chi connectivity index (χ1n) is 10.1. The van der Waals surface area contributed by atoms with Gasteiger partial charge in [-0.2, -0.15) is 0 Å². The van der Waals surface area contributed by atoms with Crippen LogP contribution in [0.1, 0.15) is 17.2 Å². The lowest BCUT2D eigenvalue weighted by atomic mass is 9.94. The van der Waals surface area contributed by atoms with Gasteiger partial charge in [-0.25, -0.2) is 0 Å². The molecule has 1 amide bonds. The molecule has 176 valence electrons. The number of ether oxygens (including phenoxy) is 5. The second kappa shape index (κ2) is 10.3. The van der Waals surface area contributed by atoms with Gasteiger partial charge in [0, 0.05) is 24.8 Å². The summed E-state index contributed by atoms with van der Waals surface area (Å²) < 4.78 is 26.7. The normalized spacial score (nSPS) is 17.2. The lowest BCUT2D eigenvalue weighted by molar-refractivity contribution is -0.140. The molecule has 1 fully saturated rings. The molecular formula is C24H27NO8. The molecule has 9 heteroatoms. The third kappa shape index (κ3) is 4.31. The SMILES string of the molecule is COCCN1C(=O)C(=O)/C(=C(/O)c2ccc(OC)c(OC)c2)C1c1cccc(OC)c1OC. The molecule has 0 aromatic heterocycles. The number of hydrogen-bond donors (Lipinski definition) is 1. The number of carbonyl (C=O) groups is 2. The zero-order chi connectivity index (χ0) is 24.1. The second-order valence-corrected chi connectivity index (χ2v) is 7.14. The fourth-order valence-electron chi connectivity index (χ4n) is 3.89. The van der Waals surface area contributed by atoms with E-state index in [4.69, 9.17) is 23.7 Å². The summed E-state index contributed by atoms with van der Waals surface area (Å²) in [5, 5.41) is 11.2. The van der Waals surface area contributed by atoms with Crippen molar-refractivity contribution in [3.05, 3.63) is 53.1 Å². The molecule has 0 spiro atoms. The van der Waals surface area contributed by atoms with E-state index in [1.165, 1.54) is 46.5 Å². The van der Waals surface area contributed by atoms with Crippen molar-refractivity contribution in [1.82, 2.24) is 4.90 Å². The van der Waals surface area contributed by atoms with Gasteiger partial charge in [0.1, 0.15) is 5.76 Å². The molecule has 0 aliphatic carbocycles. The first-order chi connectivity index (χ1) is 15.9. The van der Waals surface area contributed by atoms with E-state index in [-0.39, 0.29) is 24.5 Å². The number of aliphatic hydroxyl groups is 1. The standard InChI is InChI=1S/C24H27NO8/c1-29-12-11-25-20(15-7-6-8-17(31-3)23(15)33-5)19(22(27)24(25)28)21(26)14-9-10-16(30-2)18(13-14)32-4/h6-10,13,20,26H,11-12H2,1-5H3/b21-19+. The average Bonchev–Trinajstić information content (AvgIpc) is 3.10. The van der Waals surface area contributed by atoms with Crippen molar-refractivity contribution in [3.8, 4) is 23.0 Å². The van der Waals surface area contributed by atoms with Crippen molar-refractivity contribution < 1.29 is 38.4 Å². The van der Waals surface area contributed by atoms with Crippen LogP contribution in [0.3, 0.4) is 0 Å². The summed E-state index contributed by atoms with van der Waals surface area (Å²) in [5.74, 6) is -0.293. The lowest BCUT2D eigenvalue weighted by Crippen LogP contribution is -2.32. The molecule has 33 heavy (non-hydrogen) atoms. The van der Waals surface area contributed by atoms with E-state index in [0.29, 0.717) is 34.1 Å². The Bertz CT molecular complexity index is 1080. The van der Waals surface area contributed by atoms with Gasteiger partial charge in [-0.15, -0.1) is 0 Å². The number of benzene rings is 2. The molecule has 1 unspecified atom stereocenters. The predicted molar refractivity (Wildman–Crippen MR) is 120 cm³/mol. The van der Waals surface area contributed by atoms with Crippen LogP contribution >= 0.6 is 0 Å². The van der Waals surface area contributed by atoms with E-state index in [2.05, 4.69) is 0 Å². The molecule has 2 aromatic carbocycles. The highest BCUT2D eigenvalue weighted by Crippen LogP contribution is 2.45. The molecule has 1 heterocycles. The van der Waals surface area contributed by atoms with Gasteiger partial charge < -0.3 is 33.7 Å². The van der Waals surface area contributed by atoms with Crippen molar-refractivity contribution in [2.24, 2.45) is 0 Å². The lowest BCUT2D eigenvalue weighted by Gasteiger charge is -2.27. The summed E-state index contributed by atoms with van der Waals surface area (Å²) in [6.07, 6.45) is 0. The molecule has 1 atom stereocenters. The molecule has 2 aromatic rings. The first-order valence-corrected chi connectivity index (χ1v) is 10.1. The number of para-hydroxylation sites is 1. The maximum absolute atomic E-state index is 13.1. The minimum atomic E-state index is -0.918. The summed E-state index contributed by atoms with van der Waals surface area (Å²) in [7, 11) is 7.42. The third-order valence-electron chi connectivity index (χ3n) is 5.46. The number of nitrogens with zero attached hydrogens (tertiary/aromatic N) is 1. The summed E-state index contributed by atoms with van der Waals surface area (Å²) in [4.78, 5) is 27.5. The van der Waals surface area contributed by atoms with Gasteiger partial charge in [0.2, 0.25) is 0 Å². The molecule has 1 aliphatic heterocycles. The fourth-order valence-corrected chi connectivity index (χ4v) is 3.89. The van der Waals surface area contributed by atoms with Gasteiger partial charge in [0.25, 0.3) is 11.7 Å². The van der Waals surface area contributed by atoms with Crippen LogP contribution in [0.2, 0.25) is 0 Å². The van der Waals surface area contributed by atoms with Crippen LogP contribution in [0.25, 0.3) is 5.76 Å². The van der Waals surface area contributed by atoms with Crippen LogP contribution in [0.15, 0.2) is 42.0 Å². The van der Waals surface area contributed by atoms with Crippen LogP contribution in [0.4, 0.5) is 0 Å². The molecule has 0 bridgehead atoms. The molecule has 0 saturated carbocycles. The Hall–Kier alpha value is -3.72. The van der Waals surface area contributed by atoms with Crippen molar-refractivity contribution in [1.29, 1.82) is 0 Å². The number of hydrogen-bond acceptors (Lipinski definition) is 8. The van der Waals surface area contributed by atoms with Gasteiger partial charge in [-0.1, -0.05) is 12.1 Å². The van der Waals surface area contributed by atoms with Gasteiger partial charge in [0.05, 0.1) is 46.7 Å². The van der Waals surface area contributed by atoms with Crippen LogP contribution < -0.4 is 18.9 Å². The minimum Gasteiger partial charge on any atom is -0.507 e. The number of carbonyl (C=O) groups excluding carboxylic acids is 2. The van der Waals surface area contributed by atoms with Crippen LogP contribution in [-0.2, 0) is 14.3 Å². The number of rotatable bonds is 9. The number of ketones is 1. The Morgan fingerprint density at radius 2 is 1.61 bits per heavy atom. The van der Waals surface area contributed by atoms with Crippen molar-refractivity contribution in [2.75, 3.05) is 48.7 Å². The summed E-state index contributed by atoms with van der Waals surface area (Å²) in [6.45, 7) is 0.334.